The zero-order valence-corrected chi connectivity index (χ0v) is 17.2. The number of hydroxylamine groups is 2. The first kappa shape index (κ1) is 20.1. The maximum atomic E-state index is 13.7. The van der Waals surface area contributed by atoms with Crippen LogP contribution < -0.4 is 0 Å². The van der Waals surface area contributed by atoms with Crippen LogP contribution in [0.25, 0.3) is 11.0 Å². The second kappa shape index (κ2) is 8.38. The van der Waals surface area contributed by atoms with E-state index in [1.165, 1.54) is 17.2 Å². The van der Waals surface area contributed by atoms with Crippen molar-refractivity contribution in [2.45, 2.75) is 44.7 Å². The Balaban J connectivity index is 1.22. The van der Waals surface area contributed by atoms with E-state index in [0.717, 1.165) is 49.3 Å². The van der Waals surface area contributed by atoms with Crippen LogP contribution in [0.3, 0.4) is 0 Å². The molecule has 2 fully saturated rings. The zero-order valence-electron chi connectivity index (χ0n) is 17.2. The molecule has 0 spiro atoms. The van der Waals surface area contributed by atoms with Gasteiger partial charge in [0.05, 0.1) is 30.0 Å². The van der Waals surface area contributed by atoms with Crippen molar-refractivity contribution in [2.75, 3.05) is 6.61 Å². The van der Waals surface area contributed by atoms with Gasteiger partial charge in [-0.2, -0.15) is 0 Å². The van der Waals surface area contributed by atoms with Crippen molar-refractivity contribution >= 4 is 16.9 Å². The highest BCUT2D eigenvalue weighted by Crippen LogP contribution is 2.37. The Kier molecular flexibility index (Phi) is 5.44. The first-order valence-electron chi connectivity index (χ1n) is 10.9. The van der Waals surface area contributed by atoms with Crippen LogP contribution in [-0.2, 0) is 16.2 Å². The number of halogens is 2. The second-order valence-corrected chi connectivity index (χ2v) is 8.61. The summed E-state index contributed by atoms with van der Waals surface area (Å²) in [5.41, 5.74) is 2.58. The molecule has 0 bridgehead atoms. The molecule has 162 valence electrons. The Morgan fingerprint density at radius 1 is 1.03 bits per heavy atom. The van der Waals surface area contributed by atoms with E-state index in [2.05, 4.69) is 15.6 Å². The Morgan fingerprint density at radius 2 is 1.77 bits per heavy atom. The van der Waals surface area contributed by atoms with Gasteiger partial charge in [-0.05, 0) is 61.4 Å². The number of benzene rings is 2. The number of carbonyl (C=O) groups is 1. The Labute approximate surface area is 179 Å². The minimum atomic E-state index is -0.637. The number of aromatic nitrogens is 2. The van der Waals surface area contributed by atoms with Crippen molar-refractivity contribution in [2.24, 2.45) is 11.8 Å². The molecular formula is C24H25F2N3O2. The smallest absolute Gasteiger partial charge is 0.249 e. The highest BCUT2D eigenvalue weighted by Gasteiger charge is 2.37. The monoisotopic (exact) mass is 425 g/mol. The molecule has 2 heterocycles. The van der Waals surface area contributed by atoms with Crippen molar-refractivity contribution in [3.63, 3.8) is 0 Å². The average molecular weight is 425 g/mol. The number of imidazole rings is 1. The van der Waals surface area contributed by atoms with Gasteiger partial charge in [0.1, 0.15) is 11.6 Å². The number of carbonyl (C=O) groups excluding carboxylic acids is 1. The van der Waals surface area contributed by atoms with Crippen LogP contribution in [0, 0.1) is 23.5 Å². The molecule has 1 saturated heterocycles. The van der Waals surface area contributed by atoms with Crippen molar-refractivity contribution < 1.29 is 18.4 Å². The van der Waals surface area contributed by atoms with Crippen molar-refractivity contribution in [3.05, 3.63) is 66.0 Å². The minimum Gasteiger partial charge on any atom is -0.330 e. The molecular weight excluding hydrogens is 400 g/mol. The van der Waals surface area contributed by atoms with E-state index in [9.17, 15) is 13.6 Å². The molecule has 1 atom stereocenters. The third kappa shape index (κ3) is 4.06. The fourth-order valence-corrected chi connectivity index (χ4v) is 4.96. The van der Waals surface area contributed by atoms with E-state index in [-0.39, 0.29) is 11.8 Å². The van der Waals surface area contributed by atoms with Crippen LogP contribution in [-0.4, -0.2) is 27.1 Å². The topological polar surface area (TPSA) is 47.4 Å². The Hall–Kier alpha value is -2.80. The number of fused-ring (bicyclic) bond motifs is 1. The van der Waals surface area contributed by atoms with Gasteiger partial charge in [0.2, 0.25) is 5.91 Å². The highest BCUT2D eigenvalue weighted by molar-refractivity contribution is 5.78. The van der Waals surface area contributed by atoms with Gasteiger partial charge < -0.3 is 4.57 Å². The third-order valence-corrected chi connectivity index (χ3v) is 6.57. The van der Waals surface area contributed by atoms with E-state index < -0.39 is 17.7 Å². The molecule has 7 heteroatoms. The SMILES string of the molecule is O=C([C@H]1CC[C@H](Cn2cnc3ccccc32)CC1)N1OCC[C@H]1c1cc(F)cc(F)c1. The summed E-state index contributed by atoms with van der Waals surface area (Å²) in [5, 5.41) is 1.36. The van der Waals surface area contributed by atoms with Gasteiger partial charge in [-0.1, -0.05) is 12.1 Å². The van der Waals surface area contributed by atoms with Crippen LogP contribution in [0.4, 0.5) is 8.78 Å². The van der Waals surface area contributed by atoms with E-state index in [4.69, 9.17) is 4.84 Å². The summed E-state index contributed by atoms with van der Waals surface area (Å²) < 4.78 is 29.5. The largest absolute Gasteiger partial charge is 0.330 e. The molecule has 1 saturated carbocycles. The molecule has 5 rings (SSSR count). The molecule has 1 aliphatic heterocycles. The fourth-order valence-electron chi connectivity index (χ4n) is 4.96. The third-order valence-electron chi connectivity index (χ3n) is 6.57. The average Bonchev–Trinajstić information content (AvgIpc) is 3.41. The van der Waals surface area contributed by atoms with Crippen LogP contribution in [0.15, 0.2) is 48.8 Å². The van der Waals surface area contributed by atoms with Gasteiger partial charge in [0.25, 0.3) is 0 Å². The lowest BCUT2D eigenvalue weighted by Gasteiger charge is -2.32. The number of rotatable bonds is 4. The maximum Gasteiger partial charge on any atom is 0.249 e. The number of para-hydroxylation sites is 2. The van der Waals surface area contributed by atoms with Gasteiger partial charge in [-0.25, -0.2) is 18.8 Å². The summed E-state index contributed by atoms with van der Waals surface area (Å²) in [7, 11) is 0. The lowest BCUT2D eigenvalue weighted by atomic mass is 9.81. The number of hydrogen-bond acceptors (Lipinski definition) is 3. The lowest BCUT2D eigenvalue weighted by molar-refractivity contribution is -0.183. The number of amides is 1. The van der Waals surface area contributed by atoms with Gasteiger partial charge >= 0.3 is 0 Å². The summed E-state index contributed by atoms with van der Waals surface area (Å²) in [4.78, 5) is 23.2. The van der Waals surface area contributed by atoms with Gasteiger partial charge in [0.15, 0.2) is 0 Å². The second-order valence-electron chi connectivity index (χ2n) is 8.61. The molecule has 0 unspecified atom stereocenters. The van der Waals surface area contributed by atoms with Crippen LogP contribution in [0.2, 0.25) is 0 Å². The van der Waals surface area contributed by atoms with E-state index in [1.54, 1.807) is 0 Å². The summed E-state index contributed by atoms with van der Waals surface area (Å²) >= 11 is 0. The van der Waals surface area contributed by atoms with E-state index >= 15 is 0 Å². The number of hydrogen-bond donors (Lipinski definition) is 0. The van der Waals surface area contributed by atoms with Crippen LogP contribution >= 0.6 is 0 Å². The van der Waals surface area contributed by atoms with Crippen molar-refractivity contribution in [3.8, 4) is 0 Å². The van der Waals surface area contributed by atoms with Crippen LogP contribution in [0.5, 0.6) is 0 Å². The van der Waals surface area contributed by atoms with Gasteiger partial charge in [-0.3, -0.25) is 9.63 Å². The molecule has 5 nitrogen and oxygen atoms in total. The Morgan fingerprint density at radius 3 is 2.55 bits per heavy atom. The zero-order chi connectivity index (χ0) is 21.4. The molecule has 0 N–H and O–H groups in total. The molecule has 3 aromatic rings. The van der Waals surface area contributed by atoms with Crippen molar-refractivity contribution in [1.29, 1.82) is 0 Å². The predicted octanol–water partition coefficient (Wildman–Crippen LogP) is 5.03. The highest BCUT2D eigenvalue weighted by atomic mass is 19.1. The van der Waals surface area contributed by atoms with Crippen molar-refractivity contribution in [1.82, 2.24) is 14.6 Å². The first-order chi connectivity index (χ1) is 15.1. The van der Waals surface area contributed by atoms with E-state index in [0.29, 0.717) is 24.5 Å². The summed E-state index contributed by atoms with van der Waals surface area (Å²) in [6.07, 6.45) is 5.92. The molecule has 1 aliphatic carbocycles. The first-order valence-corrected chi connectivity index (χ1v) is 10.9. The van der Waals surface area contributed by atoms with Gasteiger partial charge in [0, 0.05) is 24.9 Å². The van der Waals surface area contributed by atoms with Gasteiger partial charge in [-0.15, -0.1) is 0 Å². The molecule has 2 aromatic carbocycles. The Bertz CT molecular complexity index is 1070. The molecule has 31 heavy (non-hydrogen) atoms. The summed E-state index contributed by atoms with van der Waals surface area (Å²) in [5.74, 6) is -0.966. The standard InChI is InChI=1S/C24H25F2N3O2/c25-19-11-18(12-20(26)13-19)22-9-10-31-29(22)24(30)17-7-5-16(6-8-17)14-28-15-27-21-3-1-2-4-23(21)28/h1-4,11-13,15-17,22H,5-10,14H2/t16-,17-,22-/m0/s1. The van der Waals surface area contributed by atoms with Crippen LogP contribution in [0.1, 0.15) is 43.7 Å². The lowest BCUT2D eigenvalue weighted by Crippen LogP contribution is -2.37. The summed E-state index contributed by atoms with van der Waals surface area (Å²) in [6, 6.07) is 11.1. The quantitative estimate of drug-likeness (QED) is 0.589. The molecule has 1 amide bonds. The number of nitrogens with zero attached hydrogens (tertiary/aromatic N) is 3. The fraction of sp³-hybridized carbons (Fsp3) is 0.417. The molecule has 2 aliphatic rings. The van der Waals surface area contributed by atoms with E-state index in [1.807, 2.05) is 24.5 Å². The molecule has 0 radical (unpaired) electrons. The normalized spacial score (nSPS) is 24.1. The predicted molar refractivity (Wildman–Crippen MR) is 112 cm³/mol. The minimum absolute atomic E-state index is 0.0706. The summed E-state index contributed by atoms with van der Waals surface area (Å²) in [6.45, 7) is 1.27. The maximum absolute atomic E-state index is 13.7. The molecule has 1 aromatic heterocycles.